The minimum Gasteiger partial charge on any atom is -0.354 e. The van der Waals surface area contributed by atoms with Crippen LogP contribution in [-0.4, -0.2) is 42.5 Å². The zero-order chi connectivity index (χ0) is 9.84. The molecule has 1 aliphatic heterocycles. The summed E-state index contributed by atoms with van der Waals surface area (Å²) < 4.78 is 0. The van der Waals surface area contributed by atoms with E-state index in [0.717, 1.165) is 19.5 Å². The van der Waals surface area contributed by atoms with E-state index in [1.165, 1.54) is 0 Å². The third-order valence-electron chi connectivity index (χ3n) is 2.73. The summed E-state index contributed by atoms with van der Waals surface area (Å²) in [4.78, 5) is 13.2. The smallest absolute Gasteiger partial charge is 0.234 e. The first kappa shape index (κ1) is 10.5. The first-order valence-electron chi connectivity index (χ1n) is 4.91. The van der Waals surface area contributed by atoms with Gasteiger partial charge < -0.3 is 11.1 Å². The molecule has 1 amide bonds. The minimum absolute atomic E-state index is 0.112. The van der Waals surface area contributed by atoms with Gasteiger partial charge in [0.15, 0.2) is 0 Å². The maximum atomic E-state index is 11.1. The Hall–Kier alpha value is -0.610. The molecule has 0 aromatic carbocycles. The molecule has 1 rings (SSSR count). The number of amides is 1. The van der Waals surface area contributed by atoms with E-state index in [0.29, 0.717) is 12.6 Å². The van der Waals surface area contributed by atoms with Gasteiger partial charge in [0.2, 0.25) is 5.91 Å². The first-order chi connectivity index (χ1) is 6.15. The quantitative estimate of drug-likeness (QED) is 0.626. The molecule has 1 fully saturated rings. The van der Waals surface area contributed by atoms with Crippen LogP contribution >= 0.6 is 0 Å². The molecule has 13 heavy (non-hydrogen) atoms. The molecule has 2 atom stereocenters. The number of carbonyl (C=O) groups excluding carboxylic acids is 1. The normalized spacial score (nSPS) is 23.8. The Labute approximate surface area is 79.5 Å². The van der Waals surface area contributed by atoms with Gasteiger partial charge in [0, 0.05) is 25.2 Å². The Kier molecular flexibility index (Phi) is 3.69. The predicted octanol–water partition coefficient (Wildman–Crippen LogP) is -0.456. The summed E-state index contributed by atoms with van der Waals surface area (Å²) in [5.74, 6) is 0.112. The summed E-state index contributed by atoms with van der Waals surface area (Å²) in [6.07, 6.45) is 0.958. The summed E-state index contributed by atoms with van der Waals surface area (Å²) in [5, 5.41) is 2.80. The third kappa shape index (κ3) is 2.67. The van der Waals surface area contributed by atoms with E-state index < -0.39 is 0 Å². The second-order valence-electron chi connectivity index (χ2n) is 3.63. The average molecular weight is 185 g/mol. The SMILES string of the molecule is CCC(N)C(C)N1CCNC(=O)C1. The Morgan fingerprint density at radius 1 is 1.69 bits per heavy atom. The molecule has 1 saturated heterocycles. The van der Waals surface area contributed by atoms with Crippen LogP contribution in [0.4, 0.5) is 0 Å². The molecule has 0 aromatic heterocycles. The highest BCUT2D eigenvalue weighted by molar-refractivity contribution is 5.78. The molecule has 0 radical (unpaired) electrons. The van der Waals surface area contributed by atoms with Gasteiger partial charge in [-0.25, -0.2) is 0 Å². The predicted molar refractivity (Wildman–Crippen MR) is 52.3 cm³/mol. The van der Waals surface area contributed by atoms with Gasteiger partial charge in [-0.3, -0.25) is 9.69 Å². The lowest BCUT2D eigenvalue weighted by Gasteiger charge is -2.34. The Morgan fingerprint density at radius 3 is 2.92 bits per heavy atom. The fourth-order valence-electron chi connectivity index (χ4n) is 1.62. The van der Waals surface area contributed by atoms with E-state index in [4.69, 9.17) is 5.73 Å². The number of nitrogens with two attached hydrogens (primary N) is 1. The zero-order valence-electron chi connectivity index (χ0n) is 8.42. The number of piperazine rings is 1. The Balaban J connectivity index is 2.45. The van der Waals surface area contributed by atoms with Gasteiger partial charge in [-0.05, 0) is 13.3 Å². The number of nitrogens with one attached hydrogen (secondary N) is 1. The van der Waals surface area contributed by atoms with Crippen molar-refractivity contribution in [1.29, 1.82) is 0 Å². The zero-order valence-corrected chi connectivity index (χ0v) is 8.42. The van der Waals surface area contributed by atoms with Crippen LogP contribution in [0, 0.1) is 0 Å². The van der Waals surface area contributed by atoms with Crippen molar-refractivity contribution in [3.63, 3.8) is 0 Å². The number of hydrogen-bond acceptors (Lipinski definition) is 3. The van der Waals surface area contributed by atoms with E-state index in [2.05, 4.69) is 24.1 Å². The number of nitrogens with zero attached hydrogens (tertiary/aromatic N) is 1. The molecular weight excluding hydrogens is 166 g/mol. The molecule has 1 heterocycles. The van der Waals surface area contributed by atoms with Crippen LogP contribution in [0.3, 0.4) is 0 Å². The largest absolute Gasteiger partial charge is 0.354 e. The molecule has 76 valence electrons. The van der Waals surface area contributed by atoms with Gasteiger partial charge in [0.1, 0.15) is 0 Å². The monoisotopic (exact) mass is 185 g/mol. The van der Waals surface area contributed by atoms with Crippen LogP contribution in [0.1, 0.15) is 20.3 Å². The maximum Gasteiger partial charge on any atom is 0.234 e. The topological polar surface area (TPSA) is 58.4 Å². The van der Waals surface area contributed by atoms with Gasteiger partial charge >= 0.3 is 0 Å². The summed E-state index contributed by atoms with van der Waals surface area (Å²) in [6, 6.07) is 0.474. The molecule has 0 aromatic rings. The van der Waals surface area contributed by atoms with Crippen molar-refractivity contribution >= 4 is 5.91 Å². The van der Waals surface area contributed by atoms with Gasteiger partial charge in [-0.1, -0.05) is 6.92 Å². The van der Waals surface area contributed by atoms with Crippen molar-refractivity contribution in [2.45, 2.75) is 32.4 Å². The van der Waals surface area contributed by atoms with Crippen molar-refractivity contribution < 1.29 is 4.79 Å². The van der Waals surface area contributed by atoms with E-state index in [-0.39, 0.29) is 11.9 Å². The summed E-state index contributed by atoms with van der Waals surface area (Å²) in [7, 11) is 0. The Morgan fingerprint density at radius 2 is 2.38 bits per heavy atom. The van der Waals surface area contributed by atoms with E-state index in [1.807, 2.05) is 0 Å². The molecule has 2 unspecified atom stereocenters. The first-order valence-corrected chi connectivity index (χ1v) is 4.91. The molecule has 0 spiro atoms. The number of hydrogen-bond donors (Lipinski definition) is 2. The van der Waals surface area contributed by atoms with Gasteiger partial charge in [0.25, 0.3) is 0 Å². The van der Waals surface area contributed by atoms with Crippen LogP contribution in [0.15, 0.2) is 0 Å². The van der Waals surface area contributed by atoms with E-state index in [1.54, 1.807) is 0 Å². The van der Waals surface area contributed by atoms with Crippen LogP contribution < -0.4 is 11.1 Å². The molecular formula is C9H19N3O. The van der Waals surface area contributed by atoms with Crippen LogP contribution in [0.2, 0.25) is 0 Å². The molecule has 3 N–H and O–H groups in total. The minimum atomic E-state index is 0.112. The molecule has 4 nitrogen and oxygen atoms in total. The molecule has 0 saturated carbocycles. The fourth-order valence-corrected chi connectivity index (χ4v) is 1.62. The lowest BCUT2D eigenvalue weighted by atomic mass is 10.1. The van der Waals surface area contributed by atoms with Crippen molar-refractivity contribution in [2.75, 3.05) is 19.6 Å². The molecule has 0 bridgehead atoms. The van der Waals surface area contributed by atoms with Gasteiger partial charge in [0.05, 0.1) is 6.54 Å². The lowest BCUT2D eigenvalue weighted by molar-refractivity contribution is -0.124. The Bertz CT molecular complexity index is 184. The van der Waals surface area contributed by atoms with Crippen LogP contribution in [-0.2, 0) is 4.79 Å². The van der Waals surface area contributed by atoms with Gasteiger partial charge in [-0.2, -0.15) is 0 Å². The second kappa shape index (κ2) is 4.58. The number of carbonyl (C=O) groups is 1. The van der Waals surface area contributed by atoms with E-state index >= 15 is 0 Å². The van der Waals surface area contributed by atoms with Crippen molar-refractivity contribution in [3.8, 4) is 0 Å². The average Bonchev–Trinajstić information content (AvgIpc) is 2.15. The maximum absolute atomic E-state index is 11.1. The molecule has 0 aliphatic carbocycles. The standard InChI is InChI=1S/C9H19N3O/c1-3-8(10)7(2)12-5-4-11-9(13)6-12/h7-8H,3-6,10H2,1-2H3,(H,11,13). The third-order valence-corrected chi connectivity index (χ3v) is 2.73. The van der Waals surface area contributed by atoms with Crippen LogP contribution in [0.5, 0.6) is 0 Å². The highest BCUT2D eigenvalue weighted by atomic mass is 16.2. The summed E-state index contributed by atoms with van der Waals surface area (Å²) >= 11 is 0. The lowest BCUT2D eigenvalue weighted by Crippen LogP contribution is -2.55. The van der Waals surface area contributed by atoms with E-state index in [9.17, 15) is 4.79 Å². The van der Waals surface area contributed by atoms with Gasteiger partial charge in [-0.15, -0.1) is 0 Å². The summed E-state index contributed by atoms with van der Waals surface area (Å²) in [5.41, 5.74) is 5.92. The molecule has 4 heteroatoms. The van der Waals surface area contributed by atoms with Crippen LogP contribution in [0.25, 0.3) is 0 Å². The summed E-state index contributed by atoms with van der Waals surface area (Å²) in [6.45, 7) is 6.33. The molecule has 1 aliphatic rings. The second-order valence-corrected chi connectivity index (χ2v) is 3.63. The van der Waals surface area contributed by atoms with Crippen molar-refractivity contribution in [3.05, 3.63) is 0 Å². The number of rotatable bonds is 3. The fraction of sp³-hybridized carbons (Fsp3) is 0.889. The van der Waals surface area contributed by atoms with Crippen molar-refractivity contribution in [2.24, 2.45) is 5.73 Å². The highest BCUT2D eigenvalue weighted by Gasteiger charge is 2.23. The highest BCUT2D eigenvalue weighted by Crippen LogP contribution is 2.06. The van der Waals surface area contributed by atoms with Crippen molar-refractivity contribution in [1.82, 2.24) is 10.2 Å².